The van der Waals surface area contributed by atoms with Gasteiger partial charge in [0, 0.05) is 7.05 Å². The first kappa shape index (κ1) is 16.8. The highest BCUT2D eigenvalue weighted by Gasteiger charge is 2.20. The van der Waals surface area contributed by atoms with Crippen LogP contribution in [-0.2, 0) is 17.1 Å². The third kappa shape index (κ3) is 3.63. The Kier molecular flexibility index (Phi) is 4.61. The summed E-state index contributed by atoms with van der Waals surface area (Å²) < 4.78 is 34.1. The zero-order valence-corrected chi connectivity index (χ0v) is 14.2. The summed E-state index contributed by atoms with van der Waals surface area (Å²) in [6.07, 6.45) is 0.00487. The van der Waals surface area contributed by atoms with Gasteiger partial charge in [0.1, 0.15) is 17.4 Å². The molecule has 0 aliphatic heterocycles. The number of hydrogen-bond donors (Lipinski definition) is 1. The van der Waals surface area contributed by atoms with Crippen LogP contribution in [0.3, 0.4) is 0 Å². The van der Waals surface area contributed by atoms with Crippen molar-refractivity contribution in [2.45, 2.75) is 31.8 Å². The Bertz CT molecular complexity index is 846. The molecule has 0 unspecified atom stereocenters. The lowest BCUT2D eigenvalue weighted by molar-refractivity contribution is 0.242. The SMILES string of the molecule is Cc1c(C#N)c(NS(=O)(=O)c2ccc(OC(C)C)cc2)nn1C. The summed E-state index contributed by atoms with van der Waals surface area (Å²) in [7, 11) is -2.18. The molecule has 0 atom stereocenters. The van der Waals surface area contributed by atoms with Crippen molar-refractivity contribution in [2.75, 3.05) is 4.72 Å². The molecule has 0 radical (unpaired) electrons. The van der Waals surface area contributed by atoms with Crippen molar-refractivity contribution in [3.8, 4) is 11.8 Å². The molecule has 23 heavy (non-hydrogen) atoms. The van der Waals surface area contributed by atoms with Gasteiger partial charge in [0.15, 0.2) is 5.82 Å². The molecule has 122 valence electrons. The Morgan fingerprint density at radius 1 is 1.30 bits per heavy atom. The van der Waals surface area contributed by atoms with E-state index in [0.29, 0.717) is 11.4 Å². The fourth-order valence-corrected chi connectivity index (χ4v) is 2.98. The van der Waals surface area contributed by atoms with Crippen LogP contribution >= 0.6 is 0 Å². The van der Waals surface area contributed by atoms with Crippen LogP contribution in [0.4, 0.5) is 5.82 Å². The molecule has 1 aromatic heterocycles. The van der Waals surface area contributed by atoms with E-state index in [1.807, 2.05) is 19.9 Å². The maximum atomic E-state index is 12.4. The maximum Gasteiger partial charge on any atom is 0.263 e. The summed E-state index contributed by atoms with van der Waals surface area (Å²) in [5.74, 6) is 0.611. The highest BCUT2D eigenvalue weighted by Crippen LogP contribution is 2.22. The summed E-state index contributed by atoms with van der Waals surface area (Å²) >= 11 is 0. The van der Waals surface area contributed by atoms with Crippen LogP contribution < -0.4 is 9.46 Å². The van der Waals surface area contributed by atoms with Crippen molar-refractivity contribution in [3.63, 3.8) is 0 Å². The number of nitrogens with zero attached hydrogens (tertiary/aromatic N) is 3. The lowest BCUT2D eigenvalue weighted by Gasteiger charge is -2.10. The van der Waals surface area contributed by atoms with E-state index in [1.54, 1.807) is 26.1 Å². The highest BCUT2D eigenvalue weighted by molar-refractivity contribution is 7.92. The second kappa shape index (κ2) is 6.30. The van der Waals surface area contributed by atoms with E-state index in [-0.39, 0.29) is 22.4 Å². The number of aromatic nitrogens is 2. The third-order valence-corrected chi connectivity index (χ3v) is 4.54. The summed E-state index contributed by atoms with van der Waals surface area (Å²) in [6, 6.07) is 8.03. The monoisotopic (exact) mass is 334 g/mol. The molecule has 0 bridgehead atoms. The van der Waals surface area contributed by atoms with Gasteiger partial charge in [0.05, 0.1) is 16.7 Å². The number of anilines is 1. The fraction of sp³-hybridized carbons (Fsp3) is 0.333. The molecular formula is C15H18N4O3S. The average Bonchev–Trinajstić information content (AvgIpc) is 2.72. The standard InChI is InChI=1S/C15H18N4O3S/c1-10(2)22-12-5-7-13(8-6-12)23(20,21)18-15-14(9-16)11(3)19(4)17-15/h5-8,10H,1-4H3,(H,17,18). The maximum absolute atomic E-state index is 12.4. The second-order valence-electron chi connectivity index (χ2n) is 5.29. The lowest BCUT2D eigenvalue weighted by Crippen LogP contribution is -2.14. The smallest absolute Gasteiger partial charge is 0.263 e. The highest BCUT2D eigenvalue weighted by atomic mass is 32.2. The first-order valence-corrected chi connectivity index (χ1v) is 8.46. The Morgan fingerprint density at radius 3 is 2.43 bits per heavy atom. The van der Waals surface area contributed by atoms with E-state index >= 15 is 0 Å². The molecule has 2 aromatic rings. The predicted molar refractivity (Wildman–Crippen MR) is 85.7 cm³/mol. The quantitative estimate of drug-likeness (QED) is 0.904. The first-order valence-electron chi connectivity index (χ1n) is 6.98. The molecule has 7 nitrogen and oxygen atoms in total. The fourth-order valence-electron chi connectivity index (χ4n) is 1.97. The number of benzene rings is 1. The van der Waals surface area contributed by atoms with Gasteiger partial charge in [-0.15, -0.1) is 0 Å². The van der Waals surface area contributed by atoms with Gasteiger partial charge < -0.3 is 4.74 Å². The van der Waals surface area contributed by atoms with E-state index < -0.39 is 10.0 Å². The Morgan fingerprint density at radius 2 is 1.91 bits per heavy atom. The van der Waals surface area contributed by atoms with Crippen molar-refractivity contribution in [2.24, 2.45) is 7.05 Å². The molecule has 1 aromatic carbocycles. The van der Waals surface area contributed by atoms with Crippen LogP contribution in [0.2, 0.25) is 0 Å². The molecule has 0 aliphatic rings. The zero-order valence-electron chi connectivity index (χ0n) is 13.4. The van der Waals surface area contributed by atoms with E-state index in [2.05, 4.69) is 9.82 Å². The normalized spacial score (nSPS) is 11.3. The van der Waals surface area contributed by atoms with Crippen LogP contribution in [0.1, 0.15) is 25.1 Å². The average molecular weight is 334 g/mol. The number of sulfonamides is 1. The molecule has 1 N–H and O–H groups in total. The van der Waals surface area contributed by atoms with Gasteiger partial charge in [-0.25, -0.2) is 8.42 Å². The lowest BCUT2D eigenvalue weighted by atomic mass is 10.3. The van der Waals surface area contributed by atoms with E-state index in [9.17, 15) is 8.42 Å². The van der Waals surface area contributed by atoms with E-state index in [1.165, 1.54) is 16.8 Å². The van der Waals surface area contributed by atoms with Crippen LogP contribution in [0, 0.1) is 18.3 Å². The van der Waals surface area contributed by atoms with Crippen molar-refractivity contribution in [3.05, 3.63) is 35.5 Å². The predicted octanol–water partition coefficient (Wildman–Crippen LogP) is 2.19. The van der Waals surface area contributed by atoms with Crippen LogP contribution in [-0.4, -0.2) is 24.3 Å². The number of hydrogen-bond acceptors (Lipinski definition) is 5. The number of nitriles is 1. The number of ether oxygens (including phenoxy) is 1. The summed E-state index contributed by atoms with van der Waals surface area (Å²) in [4.78, 5) is 0.0702. The Balaban J connectivity index is 2.29. The molecule has 0 fully saturated rings. The van der Waals surface area contributed by atoms with Gasteiger partial charge >= 0.3 is 0 Å². The Labute approximate surface area is 135 Å². The van der Waals surface area contributed by atoms with Gasteiger partial charge in [0.25, 0.3) is 10.0 Å². The largest absolute Gasteiger partial charge is 0.491 e. The second-order valence-corrected chi connectivity index (χ2v) is 6.97. The van der Waals surface area contributed by atoms with Crippen molar-refractivity contribution < 1.29 is 13.2 Å². The molecule has 2 rings (SSSR count). The third-order valence-electron chi connectivity index (χ3n) is 3.18. The van der Waals surface area contributed by atoms with Crippen LogP contribution in [0.25, 0.3) is 0 Å². The first-order chi connectivity index (χ1) is 10.7. The van der Waals surface area contributed by atoms with Crippen molar-refractivity contribution in [1.29, 1.82) is 5.26 Å². The molecular weight excluding hydrogens is 316 g/mol. The molecule has 0 aliphatic carbocycles. The van der Waals surface area contributed by atoms with Gasteiger partial charge in [-0.2, -0.15) is 10.4 Å². The minimum Gasteiger partial charge on any atom is -0.491 e. The number of nitrogens with one attached hydrogen (secondary N) is 1. The minimum atomic E-state index is -3.83. The zero-order chi connectivity index (χ0) is 17.2. The number of aryl methyl sites for hydroxylation is 1. The number of rotatable bonds is 5. The summed E-state index contributed by atoms with van der Waals surface area (Å²) in [6.45, 7) is 5.47. The molecule has 8 heteroatoms. The van der Waals surface area contributed by atoms with Crippen LogP contribution in [0.15, 0.2) is 29.2 Å². The molecule has 0 saturated heterocycles. The topological polar surface area (TPSA) is 97.0 Å². The molecule has 0 spiro atoms. The molecule has 1 heterocycles. The van der Waals surface area contributed by atoms with Crippen LogP contribution in [0.5, 0.6) is 5.75 Å². The van der Waals surface area contributed by atoms with Crippen molar-refractivity contribution in [1.82, 2.24) is 9.78 Å². The molecule has 0 saturated carbocycles. The van der Waals surface area contributed by atoms with E-state index in [4.69, 9.17) is 10.00 Å². The van der Waals surface area contributed by atoms with Gasteiger partial charge in [-0.3, -0.25) is 9.40 Å². The minimum absolute atomic E-state index is 0.00487. The molecule has 0 amide bonds. The van der Waals surface area contributed by atoms with Crippen molar-refractivity contribution >= 4 is 15.8 Å². The van der Waals surface area contributed by atoms with Gasteiger partial charge in [0.2, 0.25) is 0 Å². The van der Waals surface area contributed by atoms with E-state index in [0.717, 1.165) is 0 Å². The van der Waals surface area contributed by atoms with Gasteiger partial charge in [-0.05, 0) is 45.0 Å². The Hall–Kier alpha value is -2.53. The summed E-state index contributed by atoms with van der Waals surface area (Å²) in [5, 5.41) is 13.2. The summed E-state index contributed by atoms with van der Waals surface area (Å²) in [5.41, 5.74) is 0.793. The van der Waals surface area contributed by atoms with Gasteiger partial charge in [-0.1, -0.05) is 0 Å².